The van der Waals surface area contributed by atoms with E-state index in [4.69, 9.17) is 5.11 Å². The van der Waals surface area contributed by atoms with Gasteiger partial charge in [0.05, 0.1) is 22.4 Å². The molecule has 0 spiro atoms. The molecule has 1 amide bonds. The van der Waals surface area contributed by atoms with Crippen LogP contribution in [0.15, 0.2) is 71.8 Å². The first kappa shape index (κ1) is 21.8. The highest BCUT2D eigenvalue weighted by molar-refractivity contribution is 6.13. The first-order valence-corrected chi connectivity index (χ1v) is 10.0. The lowest BCUT2D eigenvalue weighted by Gasteiger charge is -2.08. The highest BCUT2D eigenvalue weighted by Crippen LogP contribution is 2.35. The van der Waals surface area contributed by atoms with E-state index in [9.17, 15) is 19.1 Å². The second-order valence-electron chi connectivity index (χ2n) is 7.56. The van der Waals surface area contributed by atoms with Crippen LogP contribution in [0.2, 0.25) is 0 Å². The van der Waals surface area contributed by atoms with Gasteiger partial charge in [-0.3, -0.25) is 9.36 Å². The Morgan fingerprint density at radius 3 is 2.39 bits per heavy atom. The Morgan fingerprint density at radius 1 is 1.00 bits per heavy atom. The van der Waals surface area contributed by atoms with Gasteiger partial charge in [-0.2, -0.15) is 5.10 Å². The van der Waals surface area contributed by atoms with Crippen molar-refractivity contribution in [1.82, 2.24) is 9.99 Å². The van der Waals surface area contributed by atoms with Gasteiger partial charge in [0.2, 0.25) is 5.88 Å². The van der Waals surface area contributed by atoms with Gasteiger partial charge in [-0.1, -0.05) is 23.8 Å². The van der Waals surface area contributed by atoms with Crippen LogP contribution in [-0.2, 0) is 0 Å². The minimum Gasteiger partial charge on any atom is -0.494 e. The Balaban J connectivity index is 1.75. The van der Waals surface area contributed by atoms with Gasteiger partial charge in [-0.15, -0.1) is 0 Å². The summed E-state index contributed by atoms with van der Waals surface area (Å²) in [4.78, 5) is 23.6. The number of aryl methyl sites for hydroxylation is 1. The van der Waals surface area contributed by atoms with Crippen molar-refractivity contribution < 1.29 is 24.2 Å². The number of carbonyl (C=O) groups is 2. The molecular weight excluding hydrogens is 425 g/mol. The molecular formula is C25H20FN3O4. The van der Waals surface area contributed by atoms with E-state index in [0.29, 0.717) is 16.6 Å². The predicted octanol–water partition coefficient (Wildman–Crippen LogP) is 4.64. The molecule has 1 aromatic heterocycles. The van der Waals surface area contributed by atoms with Crippen molar-refractivity contribution in [2.24, 2.45) is 5.10 Å². The molecule has 0 saturated heterocycles. The average Bonchev–Trinajstić information content (AvgIpc) is 3.08. The van der Waals surface area contributed by atoms with Crippen LogP contribution in [0, 0.1) is 12.7 Å². The first-order chi connectivity index (χ1) is 15.8. The molecule has 3 N–H and O–H groups in total. The summed E-state index contributed by atoms with van der Waals surface area (Å²) in [5.74, 6) is -2.40. The van der Waals surface area contributed by atoms with Crippen LogP contribution in [0.25, 0.3) is 16.6 Å². The van der Waals surface area contributed by atoms with Gasteiger partial charge in [0, 0.05) is 16.6 Å². The molecule has 0 aliphatic heterocycles. The molecule has 7 nitrogen and oxygen atoms in total. The number of aromatic nitrogens is 1. The van der Waals surface area contributed by atoms with Crippen LogP contribution in [0.5, 0.6) is 5.88 Å². The lowest BCUT2D eigenvalue weighted by molar-refractivity contribution is 0.0697. The fourth-order valence-electron chi connectivity index (χ4n) is 3.61. The zero-order valence-electron chi connectivity index (χ0n) is 17.8. The second kappa shape index (κ2) is 8.58. The molecule has 4 rings (SSSR count). The Kier molecular flexibility index (Phi) is 5.66. The van der Waals surface area contributed by atoms with Crippen molar-refractivity contribution in [2.75, 3.05) is 0 Å². The number of nitrogens with zero attached hydrogens (tertiary/aromatic N) is 2. The molecule has 0 unspecified atom stereocenters. The molecule has 0 fully saturated rings. The fourth-order valence-corrected chi connectivity index (χ4v) is 3.61. The zero-order chi connectivity index (χ0) is 23.7. The third kappa shape index (κ3) is 4.18. The van der Waals surface area contributed by atoms with E-state index in [2.05, 4.69) is 10.5 Å². The van der Waals surface area contributed by atoms with Crippen LogP contribution < -0.4 is 5.43 Å². The molecule has 0 aliphatic rings. The zero-order valence-corrected chi connectivity index (χ0v) is 17.8. The standard InChI is InChI=1S/C25H20FN3O4/c1-14-6-9-19(10-7-14)29-21-11-8-18(26)13-20(21)22(24(29)31)15(2)27-28-23(30)16-4-3-5-17(12-16)25(32)33/h3-13,31H,1-2H3,(H,28,30)(H,32,33)/b27-15+. The highest BCUT2D eigenvalue weighted by atomic mass is 19.1. The monoisotopic (exact) mass is 445 g/mol. The number of rotatable bonds is 5. The van der Waals surface area contributed by atoms with Gasteiger partial charge in [0.1, 0.15) is 5.82 Å². The number of carboxylic acid groups (broad SMARTS) is 1. The summed E-state index contributed by atoms with van der Waals surface area (Å²) in [7, 11) is 0. The van der Waals surface area contributed by atoms with E-state index in [1.165, 1.54) is 36.4 Å². The number of hydrogen-bond donors (Lipinski definition) is 3. The summed E-state index contributed by atoms with van der Waals surface area (Å²) in [6.45, 7) is 3.52. The Bertz CT molecular complexity index is 1420. The maximum Gasteiger partial charge on any atom is 0.335 e. The summed E-state index contributed by atoms with van der Waals surface area (Å²) in [6, 6.07) is 17.2. The van der Waals surface area contributed by atoms with E-state index in [1.54, 1.807) is 17.6 Å². The van der Waals surface area contributed by atoms with E-state index in [0.717, 1.165) is 5.56 Å². The number of aromatic carboxylic acids is 1. The van der Waals surface area contributed by atoms with Crippen molar-refractivity contribution in [3.63, 3.8) is 0 Å². The molecule has 0 radical (unpaired) electrons. The predicted molar refractivity (Wildman–Crippen MR) is 123 cm³/mol. The van der Waals surface area contributed by atoms with Gasteiger partial charge in [-0.25, -0.2) is 14.6 Å². The number of halogens is 1. The molecule has 3 aromatic carbocycles. The molecule has 1 heterocycles. The maximum atomic E-state index is 14.1. The number of hydrogen-bond acceptors (Lipinski definition) is 4. The number of carboxylic acids is 1. The van der Waals surface area contributed by atoms with Crippen molar-refractivity contribution in [1.29, 1.82) is 0 Å². The number of hydrazone groups is 1. The van der Waals surface area contributed by atoms with Gasteiger partial charge >= 0.3 is 5.97 Å². The van der Waals surface area contributed by atoms with Gasteiger partial charge in [0.15, 0.2) is 0 Å². The average molecular weight is 445 g/mol. The fraction of sp³-hybridized carbons (Fsp3) is 0.0800. The number of benzene rings is 3. The summed E-state index contributed by atoms with van der Waals surface area (Å²) >= 11 is 0. The molecule has 0 atom stereocenters. The summed E-state index contributed by atoms with van der Waals surface area (Å²) in [6.07, 6.45) is 0. The number of carbonyl (C=O) groups excluding carboxylic acids is 1. The summed E-state index contributed by atoms with van der Waals surface area (Å²) in [5, 5.41) is 24.7. The minimum absolute atomic E-state index is 0.0300. The molecule has 8 heteroatoms. The molecule has 33 heavy (non-hydrogen) atoms. The van der Waals surface area contributed by atoms with Gasteiger partial charge < -0.3 is 10.2 Å². The Morgan fingerprint density at radius 2 is 1.70 bits per heavy atom. The summed E-state index contributed by atoms with van der Waals surface area (Å²) < 4.78 is 15.7. The van der Waals surface area contributed by atoms with Crippen LogP contribution in [0.4, 0.5) is 4.39 Å². The third-order valence-corrected chi connectivity index (χ3v) is 5.26. The van der Waals surface area contributed by atoms with Crippen molar-refractivity contribution >= 4 is 28.5 Å². The van der Waals surface area contributed by atoms with Gasteiger partial charge in [0.25, 0.3) is 5.91 Å². The number of fused-ring (bicyclic) bond motifs is 1. The SMILES string of the molecule is C/C(=N\NC(=O)c1cccc(C(=O)O)c1)c1c(O)n(-c2ccc(C)cc2)c2ccc(F)cc12. The molecule has 166 valence electrons. The highest BCUT2D eigenvalue weighted by Gasteiger charge is 2.21. The number of nitrogens with one attached hydrogen (secondary N) is 1. The maximum absolute atomic E-state index is 14.1. The van der Waals surface area contributed by atoms with Gasteiger partial charge in [-0.05, 0) is 62.4 Å². The van der Waals surface area contributed by atoms with Crippen LogP contribution in [0.1, 0.15) is 38.8 Å². The molecule has 0 bridgehead atoms. The van der Waals surface area contributed by atoms with E-state index in [-0.39, 0.29) is 28.3 Å². The van der Waals surface area contributed by atoms with Crippen LogP contribution >= 0.6 is 0 Å². The lowest BCUT2D eigenvalue weighted by Crippen LogP contribution is -2.19. The Labute approximate surface area is 188 Å². The van der Waals surface area contributed by atoms with Crippen molar-refractivity contribution in [3.05, 3.63) is 94.8 Å². The summed E-state index contributed by atoms with van der Waals surface area (Å²) in [5.41, 5.74) is 5.27. The minimum atomic E-state index is -1.15. The van der Waals surface area contributed by atoms with Crippen LogP contribution in [-0.4, -0.2) is 32.4 Å². The molecule has 0 saturated carbocycles. The molecule has 0 aliphatic carbocycles. The van der Waals surface area contributed by atoms with Crippen molar-refractivity contribution in [2.45, 2.75) is 13.8 Å². The first-order valence-electron chi connectivity index (χ1n) is 10.0. The lowest BCUT2D eigenvalue weighted by atomic mass is 10.1. The smallest absolute Gasteiger partial charge is 0.335 e. The van der Waals surface area contributed by atoms with E-state index >= 15 is 0 Å². The molecule has 4 aromatic rings. The van der Waals surface area contributed by atoms with E-state index < -0.39 is 17.7 Å². The number of amides is 1. The largest absolute Gasteiger partial charge is 0.494 e. The van der Waals surface area contributed by atoms with Crippen LogP contribution in [0.3, 0.4) is 0 Å². The Hall–Kier alpha value is -4.46. The normalized spacial score (nSPS) is 11.5. The topological polar surface area (TPSA) is 104 Å². The third-order valence-electron chi connectivity index (χ3n) is 5.26. The number of aromatic hydroxyl groups is 1. The second-order valence-corrected chi connectivity index (χ2v) is 7.56. The van der Waals surface area contributed by atoms with Crippen molar-refractivity contribution in [3.8, 4) is 11.6 Å². The quantitative estimate of drug-likeness (QED) is 0.308. The van der Waals surface area contributed by atoms with E-state index in [1.807, 2.05) is 31.2 Å².